The Bertz CT molecular complexity index is 424. The molecule has 0 saturated carbocycles. The summed E-state index contributed by atoms with van der Waals surface area (Å²) in [7, 11) is 0. The van der Waals surface area contributed by atoms with E-state index in [1.54, 1.807) is 11.3 Å². The van der Waals surface area contributed by atoms with Gasteiger partial charge in [0, 0.05) is 39.7 Å². The van der Waals surface area contributed by atoms with Crippen molar-refractivity contribution < 1.29 is 0 Å². The molecule has 0 spiro atoms. The Morgan fingerprint density at radius 3 is 3.12 bits per heavy atom. The largest absolute Gasteiger partial charge is 0.308 e. The zero-order chi connectivity index (χ0) is 11.4. The maximum absolute atomic E-state index is 4.19. The summed E-state index contributed by atoms with van der Waals surface area (Å²) in [5.74, 6) is 0. The van der Waals surface area contributed by atoms with Crippen LogP contribution < -0.4 is 5.32 Å². The van der Waals surface area contributed by atoms with Crippen molar-refractivity contribution in [3.63, 3.8) is 0 Å². The molecule has 2 aromatic heterocycles. The molecule has 0 bridgehead atoms. The van der Waals surface area contributed by atoms with Crippen LogP contribution in [0.3, 0.4) is 0 Å². The Morgan fingerprint density at radius 2 is 2.50 bits per heavy atom. The van der Waals surface area contributed by atoms with Crippen LogP contribution in [-0.4, -0.2) is 15.8 Å². The van der Waals surface area contributed by atoms with E-state index < -0.39 is 0 Å². The van der Waals surface area contributed by atoms with Crippen LogP contribution in [0.5, 0.6) is 0 Å². The molecule has 0 fully saturated rings. The van der Waals surface area contributed by atoms with E-state index in [1.807, 2.05) is 23.1 Å². The monoisotopic (exact) mass is 299 g/mol. The minimum absolute atomic E-state index is 0.417. The van der Waals surface area contributed by atoms with Crippen LogP contribution in [-0.2, 0) is 13.1 Å². The number of rotatable bonds is 5. The molecule has 0 aromatic carbocycles. The topological polar surface area (TPSA) is 29.9 Å². The Labute approximate surface area is 108 Å². The number of hydrogen-bond donors (Lipinski definition) is 1. The van der Waals surface area contributed by atoms with Crippen molar-refractivity contribution in [2.45, 2.75) is 26.1 Å². The van der Waals surface area contributed by atoms with Gasteiger partial charge < -0.3 is 5.32 Å². The number of aromatic nitrogens is 2. The van der Waals surface area contributed by atoms with Gasteiger partial charge in [0.25, 0.3) is 0 Å². The van der Waals surface area contributed by atoms with Crippen LogP contribution in [0.2, 0.25) is 0 Å². The lowest BCUT2D eigenvalue weighted by molar-refractivity contribution is 0.452. The van der Waals surface area contributed by atoms with Crippen molar-refractivity contribution in [2.24, 2.45) is 0 Å². The molecule has 1 atom stereocenters. The van der Waals surface area contributed by atoms with E-state index in [9.17, 15) is 0 Å². The van der Waals surface area contributed by atoms with Gasteiger partial charge >= 0.3 is 0 Å². The van der Waals surface area contributed by atoms with Gasteiger partial charge in [0.2, 0.25) is 0 Å². The zero-order valence-corrected chi connectivity index (χ0v) is 11.5. The Balaban J connectivity index is 1.77. The van der Waals surface area contributed by atoms with Gasteiger partial charge in [0.15, 0.2) is 0 Å². The summed E-state index contributed by atoms with van der Waals surface area (Å²) in [5.41, 5.74) is 0. The molecule has 0 aliphatic heterocycles. The van der Waals surface area contributed by atoms with Crippen molar-refractivity contribution >= 4 is 27.3 Å². The molecule has 86 valence electrons. The first-order valence-electron chi connectivity index (χ1n) is 5.18. The third kappa shape index (κ3) is 3.43. The molecule has 0 saturated heterocycles. The van der Waals surface area contributed by atoms with Crippen molar-refractivity contribution in [1.82, 2.24) is 15.1 Å². The highest BCUT2D eigenvalue weighted by Gasteiger charge is 2.03. The summed E-state index contributed by atoms with van der Waals surface area (Å²) in [6.45, 7) is 3.99. The number of nitrogens with zero attached hydrogens (tertiary/aromatic N) is 2. The van der Waals surface area contributed by atoms with Crippen molar-refractivity contribution in [1.29, 1.82) is 0 Å². The second kappa shape index (κ2) is 5.61. The lowest BCUT2D eigenvalue weighted by Crippen LogP contribution is -2.29. The second-order valence-electron chi connectivity index (χ2n) is 3.74. The molecule has 0 aliphatic carbocycles. The first kappa shape index (κ1) is 11.8. The predicted molar refractivity (Wildman–Crippen MR) is 70.5 cm³/mol. The van der Waals surface area contributed by atoms with E-state index in [-0.39, 0.29) is 0 Å². The average Bonchev–Trinajstić information content (AvgIpc) is 2.87. The fourth-order valence-corrected chi connectivity index (χ4v) is 2.88. The van der Waals surface area contributed by atoms with Crippen molar-refractivity contribution in [3.05, 3.63) is 39.3 Å². The van der Waals surface area contributed by atoms with Gasteiger partial charge in [0.1, 0.15) is 0 Å². The molecule has 2 rings (SSSR count). The summed E-state index contributed by atoms with van der Waals surface area (Å²) in [6, 6.07) is 4.52. The standard InChI is InChI=1S/C11H14BrN3S/c1-9(7-15-4-2-3-14-15)13-6-11-5-10(12)8-16-11/h2-5,8-9,13H,6-7H2,1H3/t9-/m1/s1. The zero-order valence-electron chi connectivity index (χ0n) is 9.06. The van der Waals surface area contributed by atoms with Gasteiger partial charge in [-0.3, -0.25) is 4.68 Å². The second-order valence-corrected chi connectivity index (χ2v) is 5.65. The minimum atomic E-state index is 0.417. The molecule has 16 heavy (non-hydrogen) atoms. The molecule has 2 heterocycles. The van der Waals surface area contributed by atoms with Crippen LogP contribution in [0.15, 0.2) is 34.4 Å². The van der Waals surface area contributed by atoms with Crippen LogP contribution >= 0.6 is 27.3 Å². The molecule has 2 aromatic rings. The lowest BCUT2D eigenvalue weighted by Gasteiger charge is -2.12. The summed E-state index contributed by atoms with van der Waals surface area (Å²) in [4.78, 5) is 1.35. The fraction of sp³-hybridized carbons (Fsp3) is 0.364. The predicted octanol–water partition coefficient (Wildman–Crippen LogP) is 2.89. The van der Waals surface area contributed by atoms with E-state index in [1.165, 1.54) is 4.88 Å². The first-order valence-corrected chi connectivity index (χ1v) is 6.85. The van der Waals surface area contributed by atoms with E-state index in [0.717, 1.165) is 17.6 Å². The molecule has 0 unspecified atom stereocenters. The van der Waals surface area contributed by atoms with Crippen molar-refractivity contribution in [2.75, 3.05) is 0 Å². The Hall–Kier alpha value is -0.650. The van der Waals surface area contributed by atoms with Crippen molar-refractivity contribution in [3.8, 4) is 0 Å². The van der Waals surface area contributed by atoms with E-state index in [0.29, 0.717) is 6.04 Å². The molecule has 0 aliphatic rings. The van der Waals surface area contributed by atoms with E-state index in [2.05, 4.69) is 44.7 Å². The molecule has 3 nitrogen and oxygen atoms in total. The third-order valence-electron chi connectivity index (χ3n) is 2.27. The van der Waals surface area contributed by atoms with Gasteiger partial charge in [-0.25, -0.2) is 0 Å². The van der Waals surface area contributed by atoms with Crippen LogP contribution in [0.1, 0.15) is 11.8 Å². The van der Waals surface area contributed by atoms with Gasteiger partial charge in [-0.15, -0.1) is 11.3 Å². The fourth-order valence-electron chi connectivity index (χ4n) is 1.47. The number of hydrogen-bond acceptors (Lipinski definition) is 3. The van der Waals surface area contributed by atoms with Crippen LogP contribution in [0, 0.1) is 0 Å². The SMILES string of the molecule is C[C@H](Cn1cccn1)NCc1cc(Br)cs1. The summed E-state index contributed by atoms with van der Waals surface area (Å²) >= 11 is 5.22. The quantitative estimate of drug-likeness (QED) is 0.920. The third-order valence-corrected chi connectivity index (χ3v) is 3.96. The molecule has 1 N–H and O–H groups in total. The van der Waals surface area contributed by atoms with Gasteiger partial charge in [0.05, 0.1) is 6.54 Å². The summed E-state index contributed by atoms with van der Waals surface area (Å²) in [5, 5.41) is 9.77. The molecule has 0 radical (unpaired) electrons. The maximum atomic E-state index is 4.19. The highest BCUT2D eigenvalue weighted by atomic mass is 79.9. The van der Waals surface area contributed by atoms with Crippen LogP contribution in [0.25, 0.3) is 0 Å². The summed E-state index contributed by atoms with van der Waals surface area (Å²) in [6.07, 6.45) is 3.79. The Kier molecular flexibility index (Phi) is 4.15. The number of thiophene rings is 1. The maximum Gasteiger partial charge on any atom is 0.0560 e. The summed E-state index contributed by atoms with van der Waals surface area (Å²) < 4.78 is 3.11. The van der Waals surface area contributed by atoms with Gasteiger partial charge in [-0.2, -0.15) is 5.10 Å². The van der Waals surface area contributed by atoms with Gasteiger partial charge in [-0.05, 0) is 35.0 Å². The minimum Gasteiger partial charge on any atom is -0.308 e. The molecular formula is C11H14BrN3S. The molecular weight excluding hydrogens is 286 g/mol. The first-order chi connectivity index (χ1) is 7.74. The highest BCUT2D eigenvalue weighted by Crippen LogP contribution is 2.19. The van der Waals surface area contributed by atoms with E-state index >= 15 is 0 Å². The molecule has 0 amide bonds. The number of nitrogens with one attached hydrogen (secondary N) is 1. The average molecular weight is 300 g/mol. The lowest BCUT2D eigenvalue weighted by atomic mass is 10.3. The smallest absolute Gasteiger partial charge is 0.0560 e. The van der Waals surface area contributed by atoms with Crippen LogP contribution in [0.4, 0.5) is 0 Å². The highest BCUT2D eigenvalue weighted by molar-refractivity contribution is 9.10. The Morgan fingerprint density at radius 1 is 1.62 bits per heavy atom. The number of halogens is 1. The van der Waals surface area contributed by atoms with E-state index in [4.69, 9.17) is 0 Å². The molecule has 5 heteroatoms. The normalized spacial score (nSPS) is 12.9. The van der Waals surface area contributed by atoms with Gasteiger partial charge in [-0.1, -0.05) is 0 Å².